The number of nitrogens with zero attached hydrogens (tertiary/aromatic N) is 1. The topological polar surface area (TPSA) is 98.1 Å². The average Bonchev–Trinajstić information content (AvgIpc) is 2.48. The Morgan fingerprint density at radius 3 is 2.17 bits per heavy atom. The summed E-state index contributed by atoms with van der Waals surface area (Å²) in [6.45, 7) is 0. The van der Waals surface area contributed by atoms with Gasteiger partial charge in [-0.05, 0) is 24.3 Å². The highest BCUT2D eigenvalue weighted by atomic mass is 35.5. The molecule has 0 radical (unpaired) electrons. The normalized spacial score (nSPS) is 19.6. The molecule has 6 nitrogen and oxygen atoms in total. The number of benzene rings is 1. The van der Waals surface area contributed by atoms with Gasteiger partial charge >= 0.3 is 5.97 Å². The minimum Gasteiger partial charge on any atom is -0.478 e. The lowest BCUT2D eigenvalue weighted by molar-refractivity contribution is -0.112. The fraction of sp³-hybridized carbons (Fsp3) is 0. The molecule has 0 aromatic heterocycles. The second-order valence-electron chi connectivity index (χ2n) is 3.45. The van der Waals surface area contributed by atoms with E-state index in [9.17, 15) is 18.7 Å². The van der Waals surface area contributed by atoms with Crippen LogP contribution in [0.3, 0.4) is 0 Å². The van der Waals surface area contributed by atoms with Crippen LogP contribution in [0.15, 0.2) is 34.7 Å². The molecule has 0 aliphatic carbocycles. The molecule has 1 aromatic rings. The molecule has 1 aliphatic heterocycles. The van der Waals surface area contributed by atoms with Gasteiger partial charge in [-0.25, -0.2) is 4.79 Å². The fourth-order valence-electron chi connectivity index (χ4n) is 1.46. The molecule has 0 spiro atoms. The molecular weight excluding hydrogens is 282 g/mol. The number of hydrogen-bond donors (Lipinski definition) is 3. The first-order valence-electron chi connectivity index (χ1n) is 4.67. The highest BCUT2D eigenvalue weighted by Gasteiger charge is 2.38. The second kappa shape index (κ2) is 4.29. The van der Waals surface area contributed by atoms with Crippen molar-refractivity contribution in [2.45, 2.75) is 0 Å². The van der Waals surface area contributed by atoms with E-state index in [1.54, 1.807) is 0 Å². The van der Waals surface area contributed by atoms with Gasteiger partial charge in [0.2, 0.25) is 0 Å². The molecule has 1 amide bonds. The Bertz CT molecular complexity index is 554. The highest BCUT2D eigenvalue weighted by molar-refractivity contribution is 8.30. The lowest BCUT2D eigenvalue weighted by atomic mass is 10.2. The van der Waals surface area contributed by atoms with Crippen molar-refractivity contribution in [3.8, 4) is 0 Å². The quantitative estimate of drug-likeness (QED) is 0.777. The summed E-state index contributed by atoms with van der Waals surface area (Å²) in [6, 6.07) is 5.12. The van der Waals surface area contributed by atoms with E-state index in [1.807, 2.05) is 0 Å². The van der Waals surface area contributed by atoms with E-state index >= 15 is 0 Å². The maximum absolute atomic E-state index is 11.6. The number of anilines is 1. The van der Waals surface area contributed by atoms with E-state index in [2.05, 4.69) is 0 Å². The monoisotopic (exact) mass is 289 g/mol. The van der Waals surface area contributed by atoms with Gasteiger partial charge in [-0.15, -0.1) is 0 Å². The highest BCUT2D eigenvalue weighted by Crippen LogP contribution is 2.58. The van der Waals surface area contributed by atoms with E-state index in [4.69, 9.17) is 16.7 Å². The summed E-state index contributed by atoms with van der Waals surface area (Å²) in [5.74, 6) is -1.78. The Balaban J connectivity index is 2.38. The molecule has 0 saturated heterocycles. The standard InChI is InChI=1S/C10H8ClNO5S/c11-8-5-9(13)12(18(8,16)17)7-3-1-6(2-4-7)10(14)15/h1-5,16-17H,(H,14,15). The van der Waals surface area contributed by atoms with E-state index in [-0.39, 0.29) is 15.6 Å². The Hall–Kier alpha value is -1.54. The zero-order valence-corrected chi connectivity index (χ0v) is 10.4. The van der Waals surface area contributed by atoms with Crippen LogP contribution in [0.4, 0.5) is 5.69 Å². The predicted molar refractivity (Wildman–Crippen MR) is 67.7 cm³/mol. The van der Waals surface area contributed by atoms with Crippen molar-refractivity contribution in [3.05, 3.63) is 40.3 Å². The summed E-state index contributed by atoms with van der Waals surface area (Å²) in [4.78, 5) is 22.2. The van der Waals surface area contributed by atoms with Crippen molar-refractivity contribution in [1.82, 2.24) is 0 Å². The van der Waals surface area contributed by atoms with Gasteiger partial charge in [-0.3, -0.25) is 13.9 Å². The van der Waals surface area contributed by atoms with Gasteiger partial charge in [0.15, 0.2) is 4.36 Å². The Labute approximate surface area is 109 Å². The van der Waals surface area contributed by atoms with Crippen LogP contribution in [0.2, 0.25) is 0 Å². The number of carbonyl (C=O) groups excluding carboxylic acids is 1. The third kappa shape index (κ3) is 1.97. The third-order valence-corrected chi connectivity index (χ3v) is 4.57. The van der Waals surface area contributed by atoms with Gasteiger partial charge in [0, 0.05) is 6.08 Å². The molecule has 2 rings (SSSR count). The molecule has 0 bridgehead atoms. The van der Waals surface area contributed by atoms with Gasteiger partial charge < -0.3 is 5.11 Å². The van der Waals surface area contributed by atoms with Crippen molar-refractivity contribution >= 4 is 39.9 Å². The maximum Gasteiger partial charge on any atom is 0.335 e. The molecule has 1 aliphatic rings. The van der Waals surface area contributed by atoms with E-state index in [0.29, 0.717) is 0 Å². The minimum absolute atomic E-state index is 0.0286. The molecule has 1 aromatic carbocycles. The molecular formula is C10H8ClNO5S. The van der Waals surface area contributed by atoms with Crippen LogP contribution in [-0.2, 0) is 4.79 Å². The van der Waals surface area contributed by atoms with E-state index < -0.39 is 22.7 Å². The molecule has 1 heterocycles. The number of carbonyl (C=O) groups is 2. The largest absolute Gasteiger partial charge is 0.478 e. The number of halogens is 1. The summed E-state index contributed by atoms with van der Waals surface area (Å²) in [5.41, 5.74) is 0.192. The molecule has 0 atom stereocenters. The summed E-state index contributed by atoms with van der Waals surface area (Å²) >= 11 is 5.57. The number of hydrogen-bond acceptors (Lipinski definition) is 4. The molecule has 0 fully saturated rings. The zero-order valence-electron chi connectivity index (χ0n) is 8.78. The molecule has 18 heavy (non-hydrogen) atoms. The lowest BCUT2D eigenvalue weighted by Gasteiger charge is -2.36. The van der Waals surface area contributed by atoms with Crippen molar-refractivity contribution in [1.29, 1.82) is 0 Å². The van der Waals surface area contributed by atoms with Gasteiger partial charge in [-0.1, -0.05) is 22.4 Å². The van der Waals surface area contributed by atoms with Gasteiger partial charge in [0.1, 0.15) is 0 Å². The Kier molecular flexibility index (Phi) is 3.07. The van der Waals surface area contributed by atoms with Gasteiger partial charge in [-0.2, -0.15) is 4.31 Å². The zero-order chi connectivity index (χ0) is 13.5. The van der Waals surface area contributed by atoms with E-state index in [1.165, 1.54) is 24.3 Å². The van der Waals surface area contributed by atoms with Crippen molar-refractivity contribution in [2.24, 2.45) is 0 Å². The van der Waals surface area contributed by atoms with Crippen LogP contribution in [0.5, 0.6) is 0 Å². The lowest BCUT2D eigenvalue weighted by Crippen LogP contribution is -2.27. The van der Waals surface area contributed by atoms with Crippen molar-refractivity contribution in [3.63, 3.8) is 0 Å². The van der Waals surface area contributed by atoms with Crippen LogP contribution in [-0.4, -0.2) is 26.1 Å². The number of aromatic carboxylic acids is 1. The second-order valence-corrected chi connectivity index (χ2v) is 5.93. The van der Waals surface area contributed by atoms with Crippen molar-refractivity contribution < 1.29 is 23.8 Å². The van der Waals surface area contributed by atoms with Crippen LogP contribution in [0, 0.1) is 0 Å². The van der Waals surface area contributed by atoms with Crippen LogP contribution >= 0.6 is 22.4 Å². The maximum atomic E-state index is 11.6. The summed E-state index contributed by atoms with van der Waals surface area (Å²) in [6.07, 6.45) is 0.919. The first-order chi connectivity index (χ1) is 8.34. The third-order valence-electron chi connectivity index (χ3n) is 2.30. The smallest absolute Gasteiger partial charge is 0.335 e. The molecule has 96 valence electrons. The number of rotatable bonds is 2. The van der Waals surface area contributed by atoms with Gasteiger partial charge in [0.25, 0.3) is 5.91 Å². The van der Waals surface area contributed by atoms with E-state index in [0.717, 1.165) is 10.4 Å². The molecule has 8 heteroatoms. The number of amides is 1. The first kappa shape index (κ1) is 12.9. The SMILES string of the molecule is O=C(O)c1ccc(N2C(=O)C=C(Cl)S2(O)O)cc1. The molecule has 0 unspecified atom stereocenters. The van der Waals surface area contributed by atoms with Crippen LogP contribution in [0.25, 0.3) is 0 Å². The number of carboxylic acids is 1. The summed E-state index contributed by atoms with van der Waals surface area (Å²) in [7, 11) is -3.54. The fourth-order valence-corrected chi connectivity index (χ4v) is 2.91. The Morgan fingerprint density at radius 1 is 1.22 bits per heavy atom. The number of carboxylic acid groups (broad SMARTS) is 1. The van der Waals surface area contributed by atoms with Crippen molar-refractivity contribution in [2.75, 3.05) is 4.31 Å². The Morgan fingerprint density at radius 2 is 1.78 bits per heavy atom. The summed E-state index contributed by atoms with van der Waals surface area (Å²) in [5, 5.41) is 8.73. The van der Waals surface area contributed by atoms with Gasteiger partial charge in [0.05, 0.1) is 11.3 Å². The average molecular weight is 290 g/mol. The van der Waals surface area contributed by atoms with Crippen LogP contribution in [0.1, 0.15) is 10.4 Å². The summed E-state index contributed by atoms with van der Waals surface area (Å²) < 4.78 is 19.9. The first-order valence-corrected chi connectivity index (χ1v) is 6.55. The molecule has 3 N–H and O–H groups in total. The predicted octanol–water partition coefficient (Wildman–Crippen LogP) is 2.48. The minimum atomic E-state index is -3.54. The molecule has 0 saturated carbocycles. The van der Waals surface area contributed by atoms with Crippen LogP contribution < -0.4 is 4.31 Å².